The van der Waals surface area contributed by atoms with E-state index in [0.717, 1.165) is 24.8 Å². The number of benzene rings is 1. The number of sulfonamides is 1. The van der Waals surface area contributed by atoms with Crippen molar-refractivity contribution in [3.05, 3.63) is 29.3 Å². The highest BCUT2D eigenvalue weighted by Gasteiger charge is 2.33. The van der Waals surface area contributed by atoms with Crippen LogP contribution in [0.3, 0.4) is 0 Å². The van der Waals surface area contributed by atoms with Crippen molar-refractivity contribution < 1.29 is 13.5 Å². The molecule has 0 aromatic heterocycles. The molecule has 4 nitrogen and oxygen atoms in total. The fourth-order valence-electron chi connectivity index (χ4n) is 3.19. The molecule has 1 aromatic carbocycles. The Kier molecular flexibility index (Phi) is 5.07. The fourth-order valence-corrected chi connectivity index (χ4v) is 4.95. The summed E-state index contributed by atoms with van der Waals surface area (Å²) in [6.07, 6.45) is 4.28. The van der Waals surface area contributed by atoms with Gasteiger partial charge in [-0.25, -0.2) is 8.42 Å². The van der Waals surface area contributed by atoms with Crippen LogP contribution in [0.15, 0.2) is 23.1 Å². The van der Waals surface area contributed by atoms with Crippen LogP contribution in [0.2, 0.25) is 0 Å². The summed E-state index contributed by atoms with van der Waals surface area (Å²) in [5.74, 6) is 0.389. The van der Waals surface area contributed by atoms with E-state index in [-0.39, 0.29) is 12.6 Å². The monoisotopic (exact) mass is 311 g/mol. The second kappa shape index (κ2) is 6.46. The molecule has 0 aliphatic heterocycles. The Balaban J connectivity index is 2.36. The van der Waals surface area contributed by atoms with E-state index >= 15 is 0 Å². The summed E-state index contributed by atoms with van der Waals surface area (Å²) in [7, 11) is -1.83. The molecule has 2 rings (SSSR count). The van der Waals surface area contributed by atoms with Gasteiger partial charge in [0.25, 0.3) is 0 Å². The normalized spacial score (nSPS) is 23.5. The SMILES string of the molecule is Cc1ccc(CO)cc1S(=O)(=O)N(C)C1CCCCC1C. The number of aliphatic hydroxyl groups excluding tert-OH is 1. The van der Waals surface area contributed by atoms with Crippen molar-refractivity contribution in [1.82, 2.24) is 4.31 Å². The van der Waals surface area contributed by atoms with Gasteiger partial charge in [-0.1, -0.05) is 31.9 Å². The molecule has 1 saturated carbocycles. The third-order valence-electron chi connectivity index (χ3n) is 4.63. The number of aryl methyl sites for hydroxylation is 1. The van der Waals surface area contributed by atoms with Crippen LogP contribution in [0, 0.1) is 12.8 Å². The maximum absolute atomic E-state index is 12.9. The van der Waals surface area contributed by atoms with Crippen molar-refractivity contribution in [3.8, 4) is 0 Å². The van der Waals surface area contributed by atoms with Gasteiger partial charge in [0.2, 0.25) is 10.0 Å². The summed E-state index contributed by atoms with van der Waals surface area (Å²) in [5.41, 5.74) is 1.35. The first-order valence-electron chi connectivity index (χ1n) is 7.56. The molecule has 1 aliphatic carbocycles. The van der Waals surface area contributed by atoms with Crippen LogP contribution in [-0.2, 0) is 16.6 Å². The summed E-state index contributed by atoms with van der Waals surface area (Å²) >= 11 is 0. The van der Waals surface area contributed by atoms with Crippen LogP contribution in [0.5, 0.6) is 0 Å². The average molecular weight is 311 g/mol. The predicted molar refractivity (Wildman–Crippen MR) is 83.5 cm³/mol. The van der Waals surface area contributed by atoms with E-state index in [4.69, 9.17) is 0 Å². The minimum absolute atomic E-state index is 0.0703. The second-order valence-electron chi connectivity index (χ2n) is 6.11. The minimum atomic E-state index is -3.51. The Morgan fingerprint density at radius 2 is 1.95 bits per heavy atom. The van der Waals surface area contributed by atoms with Gasteiger partial charge in [0.1, 0.15) is 0 Å². The van der Waals surface area contributed by atoms with E-state index in [9.17, 15) is 13.5 Å². The Bertz CT molecular complexity index is 598. The summed E-state index contributed by atoms with van der Waals surface area (Å²) in [6, 6.07) is 5.18. The summed E-state index contributed by atoms with van der Waals surface area (Å²) < 4.78 is 27.4. The Labute approximate surface area is 127 Å². The molecule has 2 atom stereocenters. The van der Waals surface area contributed by atoms with Crippen molar-refractivity contribution in [2.45, 2.75) is 57.1 Å². The highest BCUT2D eigenvalue weighted by molar-refractivity contribution is 7.89. The van der Waals surface area contributed by atoms with Crippen LogP contribution < -0.4 is 0 Å². The zero-order valence-corrected chi connectivity index (χ0v) is 13.9. The van der Waals surface area contributed by atoms with Crippen LogP contribution in [-0.4, -0.2) is 30.9 Å². The summed E-state index contributed by atoms with van der Waals surface area (Å²) in [4.78, 5) is 0.314. The number of aliphatic hydroxyl groups is 1. The first-order valence-corrected chi connectivity index (χ1v) is 9.00. The van der Waals surface area contributed by atoms with E-state index in [2.05, 4.69) is 6.92 Å². The molecule has 2 unspecified atom stereocenters. The van der Waals surface area contributed by atoms with Crippen LogP contribution in [0.25, 0.3) is 0 Å². The highest BCUT2D eigenvalue weighted by atomic mass is 32.2. The standard InChI is InChI=1S/C16H25NO3S/c1-12-6-4-5-7-15(12)17(3)21(19,20)16-10-14(11-18)9-8-13(16)2/h8-10,12,15,18H,4-7,11H2,1-3H3. The third kappa shape index (κ3) is 3.30. The largest absolute Gasteiger partial charge is 0.392 e. The highest BCUT2D eigenvalue weighted by Crippen LogP contribution is 2.31. The van der Waals surface area contributed by atoms with Gasteiger partial charge in [-0.3, -0.25) is 0 Å². The van der Waals surface area contributed by atoms with Crippen molar-refractivity contribution in [2.75, 3.05) is 7.05 Å². The van der Waals surface area contributed by atoms with Gasteiger partial charge in [-0.05, 0) is 42.9 Å². The molecule has 1 N–H and O–H groups in total. The lowest BCUT2D eigenvalue weighted by Gasteiger charge is -2.35. The average Bonchev–Trinajstić information content (AvgIpc) is 2.47. The Morgan fingerprint density at radius 1 is 1.29 bits per heavy atom. The molecule has 5 heteroatoms. The number of hydrogen-bond donors (Lipinski definition) is 1. The van der Waals surface area contributed by atoms with Crippen LogP contribution in [0.4, 0.5) is 0 Å². The first-order chi connectivity index (χ1) is 9.87. The van der Waals surface area contributed by atoms with Gasteiger partial charge >= 0.3 is 0 Å². The third-order valence-corrected chi connectivity index (χ3v) is 6.65. The molecule has 0 heterocycles. The fraction of sp³-hybridized carbons (Fsp3) is 0.625. The maximum Gasteiger partial charge on any atom is 0.243 e. The van der Waals surface area contributed by atoms with Gasteiger partial charge < -0.3 is 5.11 Å². The molecular formula is C16H25NO3S. The smallest absolute Gasteiger partial charge is 0.243 e. The molecule has 1 fully saturated rings. The van der Waals surface area contributed by atoms with Gasteiger partial charge in [-0.2, -0.15) is 4.31 Å². The molecule has 0 amide bonds. The lowest BCUT2D eigenvalue weighted by molar-refractivity contribution is 0.213. The van der Waals surface area contributed by atoms with Crippen molar-refractivity contribution >= 4 is 10.0 Å². The van der Waals surface area contributed by atoms with Gasteiger partial charge in [0, 0.05) is 13.1 Å². The Hall–Kier alpha value is -0.910. The lowest BCUT2D eigenvalue weighted by atomic mass is 9.86. The van der Waals surface area contributed by atoms with E-state index in [0.29, 0.717) is 16.4 Å². The second-order valence-corrected chi connectivity index (χ2v) is 8.07. The Morgan fingerprint density at radius 3 is 2.57 bits per heavy atom. The quantitative estimate of drug-likeness (QED) is 0.930. The molecule has 1 aliphatic rings. The summed E-state index contributed by atoms with van der Waals surface area (Å²) in [6.45, 7) is 3.78. The lowest BCUT2D eigenvalue weighted by Crippen LogP contribution is -2.42. The minimum Gasteiger partial charge on any atom is -0.392 e. The van der Waals surface area contributed by atoms with E-state index < -0.39 is 10.0 Å². The molecular weight excluding hydrogens is 286 g/mol. The van der Waals surface area contributed by atoms with Crippen molar-refractivity contribution in [2.24, 2.45) is 5.92 Å². The van der Waals surface area contributed by atoms with Gasteiger partial charge in [0.05, 0.1) is 11.5 Å². The number of hydrogen-bond acceptors (Lipinski definition) is 3. The van der Waals surface area contributed by atoms with Crippen molar-refractivity contribution in [1.29, 1.82) is 0 Å². The van der Waals surface area contributed by atoms with Gasteiger partial charge in [0.15, 0.2) is 0 Å². The molecule has 0 saturated heterocycles. The zero-order valence-electron chi connectivity index (χ0n) is 13.0. The van der Waals surface area contributed by atoms with E-state index in [1.807, 2.05) is 0 Å². The van der Waals surface area contributed by atoms with Crippen LogP contribution >= 0.6 is 0 Å². The zero-order chi connectivity index (χ0) is 15.6. The molecule has 0 bridgehead atoms. The number of rotatable bonds is 4. The van der Waals surface area contributed by atoms with E-state index in [1.54, 1.807) is 36.5 Å². The first kappa shape index (κ1) is 16.5. The maximum atomic E-state index is 12.9. The molecule has 1 aromatic rings. The topological polar surface area (TPSA) is 57.6 Å². The van der Waals surface area contributed by atoms with Crippen molar-refractivity contribution in [3.63, 3.8) is 0 Å². The molecule has 0 radical (unpaired) electrons. The summed E-state index contributed by atoms with van der Waals surface area (Å²) in [5, 5.41) is 9.24. The molecule has 21 heavy (non-hydrogen) atoms. The predicted octanol–water partition coefficient (Wildman–Crippen LogP) is 2.69. The van der Waals surface area contributed by atoms with Crippen LogP contribution in [0.1, 0.15) is 43.7 Å². The molecule has 118 valence electrons. The van der Waals surface area contributed by atoms with E-state index in [1.165, 1.54) is 6.42 Å². The molecule has 0 spiro atoms. The van der Waals surface area contributed by atoms with Gasteiger partial charge in [-0.15, -0.1) is 0 Å². The number of nitrogens with zero attached hydrogens (tertiary/aromatic N) is 1.